The summed E-state index contributed by atoms with van der Waals surface area (Å²) in [6, 6.07) is 9.60. The molecule has 0 aliphatic carbocycles. The molecule has 4 rings (SSSR count). The van der Waals surface area contributed by atoms with Gasteiger partial charge in [-0.15, -0.1) is 0 Å². The second-order valence-electron chi connectivity index (χ2n) is 6.22. The number of aryl methyl sites for hydroxylation is 1. The molecule has 28 heavy (non-hydrogen) atoms. The first-order valence-corrected chi connectivity index (χ1v) is 8.35. The van der Waals surface area contributed by atoms with E-state index in [-0.39, 0.29) is 22.3 Å². The summed E-state index contributed by atoms with van der Waals surface area (Å²) in [6.45, 7) is 1.62. The first-order valence-electron chi connectivity index (χ1n) is 8.35. The number of methoxy groups -OCH3 is 1. The van der Waals surface area contributed by atoms with E-state index >= 15 is 0 Å². The van der Waals surface area contributed by atoms with Crippen LogP contribution in [0.1, 0.15) is 5.69 Å². The van der Waals surface area contributed by atoms with Crippen LogP contribution in [-0.4, -0.2) is 27.0 Å². The van der Waals surface area contributed by atoms with Crippen molar-refractivity contribution in [3.8, 4) is 28.4 Å². The summed E-state index contributed by atoms with van der Waals surface area (Å²) in [5, 5.41) is 14.9. The van der Waals surface area contributed by atoms with Crippen LogP contribution < -0.4 is 10.2 Å². The molecule has 142 valence electrons. The third-order valence-corrected chi connectivity index (χ3v) is 4.50. The third kappa shape index (κ3) is 2.70. The van der Waals surface area contributed by atoms with Crippen molar-refractivity contribution in [1.82, 2.24) is 14.8 Å². The van der Waals surface area contributed by atoms with Crippen LogP contribution >= 0.6 is 0 Å². The van der Waals surface area contributed by atoms with Crippen molar-refractivity contribution in [2.75, 3.05) is 7.11 Å². The number of nitrogens with zero attached hydrogens (tertiary/aromatic N) is 2. The van der Waals surface area contributed by atoms with E-state index in [0.29, 0.717) is 17.1 Å². The van der Waals surface area contributed by atoms with Crippen LogP contribution in [0.15, 0.2) is 47.3 Å². The van der Waals surface area contributed by atoms with E-state index < -0.39 is 22.8 Å². The summed E-state index contributed by atoms with van der Waals surface area (Å²) in [5.41, 5.74) is 0.379. The van der Waals surface area contributed by atoms with Gasteiger partial charge in [0, 0.05) is 11.6 Å². The van der Waals surface area contributed by atoms with Crippen molar-refractivity contribution < 1.29 is 18.6 Å². The minimum atomic E-state index is -0.676. The van der Waals surface area contributed by atoms with Gasteiger partial charge in [0.25, 0.3) is 0 Å². The quantitative estimate of drug-likeness (QED) is 0.566. The number of rotatable bonds is 3. The van der Waals surface area contributed by atoms with Crippen molar-refractivity contribution in [3.63, 3.8) is 0 Å². The molecule has 6 nitrogen and oxygen atoms in total. The van der Waals surface area contributed by atoms with Gasteiger partial charge in [-0.3, -0.25) is 4.79 Å². The van der Waals surface area contributed by atoms with Gasteiger partial charge in [-0.25, -0.2) is 13.5 Å². The van der Waals surface area contributed by atoms with Gasteiger partial charge in [0.2, 0.25) is 5.43 Å². The fourth-order valence-electron chi connectivity index (χ4n) is 3.11. The zero-order valence-corrected chi connectivity index (χ0v) is 15.0. The second-order valence-corrected chi connectivity index (χ2v) is 6.22. The number of halogens is 2. The Morgan fingerprint density at radius 1 is 1.14 bits per heavy atom. The molecule has 0 saturated heterocycles. The second kappa shape index (κ2) is 6.49. The third-order valence-electron chi connectivity index (χ3n) is 4.50. The first kappa shape index (κ1) is 17.7. The molecule has 0 aliphatic heterocycles. The number of aromatic amines is 1. The SMILES string of the molecule is COc1ccc(-c2[nH]c3c(c(C)nn3-c3ccc(F)cc3)c(=O)c2O)c(F)c1. The van der Waals surface area contributed by atoms with E-state index in [4.69, 9.17) is 4.74 Å². The number of hydrogen-bond acceptors (Lipinski definition) is 4. The zero-order chi connectivity index (χ0) is 20.0. The highest BCUT2D eigenvalue weighted by molar-refractivity contribution is 5.85. The molecule has 0 unspecified atom stereocenters. The highest BCUT2D eigenvalue weighted by Gasteiger charge is 2.21. The molecule has 2 N–H and O–H groups in total. The predicted molar refractivity (Wildman–Crippen MR) is 100.0 cm³/mol. The standard InChI is InChI=1S/C20H15F2N3O3/c1-10-16-18(26)19(27)17(14-8-7-13(28-2)9-15(14)22)23-20(16)25(24-10)12-5-3-11(21)4-6-12/h3-9,27H,1-2H3,(H,23,26). The molecule has 0 fully saturated rings. The number of hydrogen-bond donors (Lipinski definition) is 2. The monoisotopic (exact) mass is 383 g/mol. The molecule has 8 heteroatoms. The van der Waals surface area contributed by atoms with Gasteiger partial charge < -0.3 is 14.8 Å². The molecule has 0 atom stereocenters. The van der Waals surface area contributed by atoms with Crippen molar-refractivity contribution in [2.45, 2.75) is 6.92 Å². The molecule has 2 heterocycles. The Bertz CT molecular complexity index is 1260. The largest absolute Gasteiger partial charge is 0.503 e. The lowest BCUT2D eigenvalue weighted by Crippen LogP contribution is -2.07. The highest BCUT2D eigenvalue weighted by atomic mass is 19.1. The summed E-state index contributed by atoms with van der Waals surface area (Å²) in [4.78, 5) is 15.7. The Labute approximate surface area is 157 Å². The number of fused-ring (bicyclic) bond motifs is 1. The Kier molecular flexibility index (Phi) is 4.11. The molecule has 2 aromatic heterocycles. The lowest BCUT2D eigenvalue weighted by molar-refractivity contribution is 0.411. The number of H-pyrrole nitrogens is 1. The van der Waals surface area contributed by atoms with Gasteiger partial charge in [0.15, 0.2) is 5.75 Å². The van der Waals surface area contributed by atoms with Crippen molar-refractivity contribution in [2.24, 2.45) is 0 Å². The number of pyridine rings is 1. The fourth-order valence-corrected chi connectivity index (χ4v) is 3.11. The van der Waals surface area contributed by atoms with Crippen molar-refractivity contribution in [1.29, 1.82) is 0 Å². The van der Waals surface area contributed by atoms with Crippen LogP contribution in [0.2, 0.25) is 0 Å². The Morgan fingerprint density at radius 2 is 1.86 bits per heavy atom. The van der Waals surface area contributed by atoms with E-state index in [1.807, 2.05) is 0 Å². The molecule has 0 radical (unpaired) electrons. The molecule has 0 amide bonds. The molecule has 0 saturated carbocycles. The van der Waals surface area contributed by atoms with Gasteiger partial charge in [-0.1, -0.05) is 0 Å². The summed E-state index contributed by atoms with van der Waals surface area (Å²) in [7, 11) is 1.41. The molecular weight excluding hydrogens is 368 g/mol. The maximum Gasteiger partial charge on any atom is 0.235 e. The number of nitrogens with one attached hydrogen (secondary N) is 1. The Hall–Kier alpha value is -3.68. The summed E-state index contributed by atoms with van der Waals surface area (Å²) in [5.74, 6) is -1.40. The molecule has 4 aromatic rings. The van der Waals surface area contributed by atoms with E-state index in [0.717, 1.165) is 6.07 Å². The lowest BCUT2D eigenvalue weighted by Gasteiger charge is -2.10. The van der Waals surface area contributed by atoms with Gasteiger partial charge in [0.1, 0.15) is 23.0 Å². The average molecular weight is 383 g/mol. The minimum absolute atomic E-state index is 0.00168. The lowest BCUT2D eigenvalue weighted by atomic mass is 10.1. The van der Waals surface area contributed by atoms with Crippen LogP contribution in [0.5, 0.6) is 11.5 Å². The average Bonchev–Trinajstić information content (AvgIpc) is 3.02. The van der Waals surface area contributed by atoms with Crippen LogP contribution in [0.25, 0.3) is 28.0 Å². The zero-order valence-electron chi connectivity index (χ0n) is 15.0. The van der Waals surface area contributed by atoms with E-state index in [1.165, 1.54) is 48.2 Å². The molecule has 0 aliphatic rings. The highest BCUT2D eigenvalue weighted by Crippen LogP contribution is 2.32. The fraction of sp³-hybridized carbons (Fsp3) is 0.100. The van der Waals surface area contributed by atoms with Gasteiger partial charge in [0.05, 0.1) is 29.6 Å². The van der Waals surface area contributed by atoms with E-state index in [2.05, 4.69) is 10.1 Å². The summed E-state index contributed by atoms with van der Waals surface area (Å²) >= 11 is 0. The van der Waals surface area contributed by atoms with Crippen LogP contribution in [0.3, 0.4) is 0 Å². The van der Waals surface area contributed by atoms with E-state index in [9.17, 15) is 18.7 Å². The topological polar surface area (TPSA) is 80.1 Å². The molecule has 0 spiro atoms. The Morgan fingerprint density at radius 3 is 2.50 bits per heavy atom. The number of aromatic nitrogens is 3. The first-order chi connectivity index (χ1) is 13.4. The summed E-state index contributed by atoms with van der Waals surface area (Å²) in [6.07, 6.45) is 0. The smallest absolute Gasteiger partial charge is 0.235 e. The maximum atomic E-state index is 14.5. The number of ether oxygens (including phenoxy) is 1. The normalized spacial score (nSPS) is 11.1. The van der Waals surface area contributed by atoms with Gasteiger partial charge in [-0.05, 0) is 43.3 Å². The summed E-state index contributed by atoms with van der Waals surface area (Å²) < 4.78 is 34.2. The van der Waals surface area contributed by atoms with Crippen molar-refractivity contribution in [3.05, 3.63) is 70.0 Å². The van der Waals surface area contributed by atoms with Crippen molar-refractivity contribution >= 4 is 11.0 Å². The number of benzene rings is 2. The van der Waals surface area contributed by atoms with Crippen LogP contribution in [-0.2, 0) is 0 Å². The van der Waals surface area contributed by atoms with Gasteiger partial charge >= 0.3 is 0 Å². The number of aromatic hydroxyl groups is 1. The van der Waals surface area contributed by atoms with E-state index in [1.54, 1.807) is 6.92 Å². The predicted octanol–water partition coefficient (Wildman–Crippen LogP) is 3.68. The molecule has 2 aromatic carbocycles. The molecular formula is C20H15F2N3O3. The van der Waals surface area contributed by atoms with Crippen LogP contribution in [0, 0.1) is 18.6 Å². The van der Waals surface area contributed by atoms with Crippen LogP contribution in [0.4, 0.5) is 8.78 Å². The minimum Gasteiger partial charge on any atom is -0.503 e. The molecule has 0 bridgehead atoms. The maximum absolute atomic E-state index is 14.5. The van der Waals surface area contributed by atoms with Gasteiger partial charge in [-0.2, -0.15) is 5.10 Å². The Balaban J connectivity index is 2.02.